The molecule has 0 saturated carbocycles. The van der Waals surface area contributed by atoms with E-state index >= 15 is 0 Å². The summed E-state index contributed by atoms with van der Waals surface area (Å²) in [7, 11) is 0. The smallest absolute Gasteiger partial charge is 0.164 e. The van der Waals surface area contributed by atoms with Gasteiger partial charge < -0.3 is 4.57 Å². The molecule has 2 heterocycles. The van der Waals surface area contributed by atoms with E-state index in [9.17, 15) is 0 Å². The zero-order chi connectivity index (χ0) is 37.7. The lowest BCUT2D eigenvalue weighted by Crippen LogP contribution is -2.01. The molecule has 4 nitrogen and oxygen atoms in total. The van der Waals surface area contributed by atoms with E-state index in [0.29, 0.717) is 17.5 Å². The molecule has 0 saturated heterocycles. The highest BCUT2D eigenvalue weighted by atomic mass is 15.0. The summed E-state index contributed by atoms with van der Waals surface area (Å²) in [5.74, 6) is 1.88. The van der Waals surface area contributed by atoms with Crippen LogP contribution in [0, 0.1) is 0 Å². The SMILES string of the molecule is c1ccc(-c2nc(-c3ccc(-n4c5ccccc5c5ccccc54)cc3)nc(-c3ccc(-c4cc5ccccc5c5ccccc45)c(-c4ccccc4)c3)n2)cc1. The van der Waals surface area contributed by atoms with Crippen LogP contribution in [0.3, 0.4) is 0 Å². The normalized spacial score (nSPS) is 11.5. The molecular formula is C53H34N4. The predicted molar refractivity (Wildman–Crippen MR) is 236 cm³/mol. The van der Waals surface area contributed by atoms with Crippen LogP contribution in [-0.4, -0.2) is 19.5 Å². The van der Waals surface area contributed by atoms with Crippen molar-refractivity contribution in [1.82, 2.24) is 19.5 Å². The quantitative estimate of drug-likeness (QED) is 0.160. The summed E-state index contributed by atoms with van der Waals surface area (Å²) in [4.78, 5) is 15.4. The minimum Gasteiger partial charge on any atom is -0.309 e. The molecule has 266 valence electrons. The molecule has 4 heteroatoms. The molecule has 0 amide bonds. The van der Waals surface area contributed by atoms with Crippen molar-refractivity contribution in [2.24, 2.45) is 0 Å². The molecule has 57 heavy (non-hydrogen) atoms. The molecule has 0 spiro atoms. The van der Waals surface area contributed by atoms with E-state index in [0.717, 1.165) is 39.1 Å². The van der Waals surface area contributed by atoms with Gasteiger partial charge in [-0.05, 0) is 92.3 Å². The summed E-state index contributed by atoms with van der Waals surface area (Å²) in [6.07, 6.45) is 0. The number of nitrogens with zero attached hydrogens (tertiary/aromatic N) is 4. The maximum absolute atomic E-state index is 5.19. The summed E-state index contributed by atoms with van der Waals surface area (Å²) in [6, 6.07) is 72.9. The number of fused-ring (bicyclic) bond motifs is 6. The van der Waals surface area contributed by atoms with Gasteiger partial charge in [0.15, 0.2) is 17.5 Å². The van der Waals surface area contributed by atoms with Gasteiger partial charge in [-0.2, -0.15) is 0 Å². The third-order valence-electron chi connectivity index (χ3n) is 11.1. The highest BCUT2D eigenvalue weighted by Crippen LogP contribution is 2.41. The monoisotopic (exact) mass is 726 g/mol. The van der Waals surface area contributed by atoms with Gasteiger partial charge in [-0.25, -0.2) is 15.0 Å². The molecule has 2 aromatic heterocycles. The van der Waals surface area contributed by atoms with E-state index < -0.39 is 0 Å². The summed E-state index contributed by atoms with van der Waals surface area (Å²) in [5.41, 5.74) is 10.8. The van der Waals surface area contributed by atoms with Gasteiger partial charge >= 0.3 is 0 Å². The van der Waals surface area contributed by atoms with Crippen LogP contribution in [0.15, 0.2) is 206 Å². The van der Waals surface area contributed by atoms with Gasteiger partial charge in [0.05, 0.1) is 11.0 Å². The average Bonchev–Trinajstić information content (AvgIpc) is 3.63. The topological polar surface area (TPSA) is 43.6 Å². The first kappa shape index (κ1) is 32.7. The second-order valence-electron chi connectivity index (χ2n) is 14.4. The molecule has 0 aliphatic carbocycles. The maximum Gasteiger partial charge on any atom is 0.164 e. The second-order valence-corrected chi connectivity index (χ2v) is 14.4. The van der Waals surface area contributed by atoms with Gasteiger partial charge in [-0.15, -0.1) is 0 Å². The Balaban J connectivity index is 1.08. The summed E-state index contributed by atoms with van der Waals surface area (Å²) >= 11 is 0. The Morgan fingerprint density at radius 3 is 1.40 bits per heavy atom. The highest BCUT2D eigenvalue weighted by molar-refractivity contribution is 6.15. The van der Waals surface area contributed by atoms with Crippen molar-refractivity contribution in [3.8, 4) is 62.1 Å². The lowest BCUT2D eigenvalue weighted by atomic mass is 9.88. The van der Waals surface area contributed by atoms with Crippen LogP contribution in [0.5, 0.6) is 0 Å². The van der Waals surface area contributed by atoms with E-state index in [2.05, 4.69) is 193 Å². The molecular weight excluding hydrogens is 693 g/mol. The van der Waals surface area contributed by atoms with Gasteiger partial charge in [-0.1, -0.05) is 158 Å². The number of aromatic nitrogens is 4. The van der Waals surface area contributed by atoms with Gasteiger partial charge in [0.2, 0.25) is 0 Å². The fourth-order valence-electron chi connectivity index (χ4n) is 8.36. The van der Waals surface area contributed by atoms with Gasteiger partial charge in [0, 0.05) is 33.2 Å². The Hall–Kier alpha value is -7.69. The van der Waals surface area contributed by atoms with Crippen LogP contribution >= 0.6 is 0 Å². The Morgan fingerprint density at radius 2 is 0.754 bits per heavy atom. The standard InChI is InChI=1S/C53H34N4/c1-3-15-35(16-4-1)47-34-39(29-32-44(47)48-33-38-19-7-8-20-41(38)42-21-9-10-22-43(42)48)53-55-51(36-17-5-2-6-18-36)54-52(56-53)37-27-30-40(31-28-37)57-49-25-13-11-23-45(49)46-24-12-14-26-50(46)57/h1-34H. The first-order valence-electron chi connectivity index (χ1n) is 19.3. The van der Waals surface area contributed by atoms with Crippen LogP contribution in [0.2, 0.25) is 0 Å². The predicted octanol–water partition coefficient (Wildman–Crippen LogP) is 13.6. The molecule has 0 radical (unpaired) electrons. The molecule has 0 bridgehead atoms. The molecule has 11 aromatic rings. The third kappa shape index (κ3) is 5.66. The van der Waals surface area contributed by atoms with Crippen molar-refractivity contribution in [3.05, 3.63) is 206 Å². The maximum atomic E-state index is 5.19. The molecule has 0 atom stereocenters. The van der Waals surface area contributed by atoms with Crippen molar-refractivity contribution in [3.63, 3.8) is 0 Å². The first-order valence-corrected chi connectivity index (χ1v) is 19.3. The zero-order valence-electron chi connectivity index (χ0n) is 30.9. The Labute approximate surface area is 330 Å². The number of benzene rings is 9. The molecule has 11 rings (SSSR count). The van der Waals surface area contributed by atoms with Crippen molar-refractivity contribution >= 4 is 43.4 Å². The fourth-order valence-corrected chi connectivity index (χ4v) is 8.36. The van der Waals surface area contributed by atoms with Gasteiger partial charge in [-0.3, -0.25) is 0 Å². The Bertz CT molecular complexity index is 3220. The minimum atomic E-state index is 0.623. The van der Waals surface area contributed by atoms with E-state index in [4.69, 9.17) is 15.0 Å². The van der Waals surface area contributed by atoms with Crippen LogP contribution in [0.4, 0.5) is 0 Å². The summed E-state index contributed by atoms with van der Waals surface area (Å²) in [6.45, 7) is 0. The lowest BCUT2D eigenvalue weighted by molar-refractivity contribution is 1.07. The average molecular weight is 727 g/mol. The van der Waals surface area contributed by atoms with Crippen molar-refractivity contribution in [2.75, 3.05) is 0 Å². The van der Waals surface area contributed by atoms with Crippen molar-refractivity contribution < 1.29 is 0 Å². The number of hydrogen-bond donors (Lipinski definition) is 0. The Kier molecular flexibility index (Phi) is 7.78. The van der Waals surface area contributed by atoms with E-state index in [1.165, 1.54) is 48.9 Å². The fraction of sp³-hybridized carbons (Fsp3) is 0. The largest absolute Gasteiger partial charge is 0.309 e. The number of hydrogen-bond acceptors (Lipinski definition) is 3. The van der Waals surface area contributed by atoms with Crippen molar-refractivity contribution in [2.45, 2.75) is 0 Å². The van der Waals surface area contributed by atoms with Crippen LogP contribution < -0.4 is 0 Å². The third-order valence-corrected chi connectivity index (χ3v) is 11.1. The zero-order valence-corrected chi connectivity index (χ0v) is 30.9. The van der Waals surface area contributed by atoms with Crippen molar-refractivity contribution in [1.29, 1.82) is 0 Å². The van der Waals surface area contributed by atoms with E-state index in [-0.39, 0.29) is 0 Å². The molecule has 0 N–H and O–H groups in total. The van der Waals surface area contributed by atoms with E-state index in [1.54, 1.807) is 0 Å². The van der Waals surface area contributed by atoms with Crippen LogP contribution in [0.25, 0.3) is 105 Å². The molecule has 0 aliphatic heterocycles. The summed E-state index contributed by atoms with van der Waals surface area (Å²) < 4.78 is 2.33. The summed E-state index contributed by atoms with van der Waals surface area (Å²) in [5, 5.41) is 7.41. The van der Waals surface area contributed by atoms with Gasteiger partial charge in [0.1, 0.15) is 0 Å². The first-order chi connectivity index (χ1) is 28.3. The molecule has 0 aliphatic rings. The van der Waals surface area contributed by atoms with Crippen LogP contribution in [-0.2, 0) is 0 Å². The number of para-hydroxylation sites is 2. The van der Waals surface area contributed by atoms with E-state index in [1.807, 2.05) is 18.2 Å². The van der Waals surface area contributed by atoms with Crippen LogP contribution in [0.1, 0.15) is 0 Å². The van der Waals surface area contributed by atoms with Gasteiger partial charge in [0.25, 0.3) is 0 Å². The lowest BCUT2D eigenvalue weighted by Gasteiger charge is -2.16. The minimum absolute atomic E-state index is 0.623. The Morgan fingerprint density at radius 1 is 0.281 bits per heavy atom. The highest BCUT2D eigenvalue weighted by Gasteiger charge is 2.18. The second kappa shape index (κ2) is 13.6. The number of rotatable bonds is 6. The molecule has 0 unspecified atom stereocenters. The molecule has 9 aromatic carbocycles. The molecule has 0 fully saturated rings.